The van der Waals surface area contributed by atoms with Crippen LogP contribution in [0.15, 0.2) is 30.5 Å². The number of nitrogens with zero attached hydrogens (tertiary/aromatic N) is 3. The van der Waals surface area contributed by atoms with Gasteiger partial charge in [0.05, 0.1) is 11.6 Å². The van der Waals surface area contributed by atoms with Crippen molar-refractivity contribution in [1.82, 2.24) is 14.9 Å². The molecule has 1 aliphatic rings. The van der Waals surface area contributed by atoms with Crippen LogP contribution in [0.25, 0.3) is 0 Å². The van der Waals surface area contributed by atoms with Crippen LogP contribution >= 0.6 is 0 Å². The van der Waals surface area contributed by atoms with Crippen molar-refractivity contribution >= 4 is 5.91 Å². The standard InChI is InChI=1S/C19H22N4O/c1-14-13-22-18(23(14)17-4-2-3-5-17)10-11-21-19(24)16-8-6-15(12-20)7-9-16/h6-9,13,17H,2-5,10-11H2,1H3,(H,21,24). The molecule has 1 saturated carbocycles. The van der Waals surface area contributed by atoms with Crippen LogP contribution in [-0.4, -0.2) is 22.0 Å². The minimum atomic E-state index is -0.116. The second-order valence-corrected chi connectivity index (χ2v) is 6.32. The van der Waals surface area contributed by atoms with E-state index >= 15 is 0 Å². The van der Waals surface area contributed by atoms with Gasteiger partial charge in [-0.2, -0.15) is 5.26 Å². The zero-order valence-corrected chi connectivity index (χ0v) is 14.0. The molecule has 1 heterocycles. The molecule has 5 heteroatoms. The van der Waals surface area contributed by atoms with E-state index in [1.54, 1.807) is 24.3 Å². The van der Waals surface area contributed by atoms with Gasteiger partial charge in [0.2, 0.25) is 0 Å². The molecule has 2 aromatic rings. The number of benzene rings is 1. The summed E-state index contributed by atoms with van der Waals surface area (Å²) >= 11 is 0. The van der Waals surface area contributed by atoms with Crippen molar-refractivity contribution in [1.29, 1.82) is 5.26 Å². The Labute approximate surface area is 142 Å². The fourth-order valence-electron chi connectivity index (χ4n) is 3.43. The number of nitrogens with one attached hydrogen (secondary N) is 1. The summed E-state index contributed by atoms with van der Waals surface area (Å²) in [6, 6.07) is 9.29. The van der Waals surface area contributed by atoms with Crippen LogP contribution < -0.4 is 5.32 Å². The monoisotopic (exact) mass is 322 g/mol. The van der Waals surface area contributed by atoms with Gasteiger partial charge in [0.15, 0.2) is 0 Å². The summed E-state index contributed by atoms with van der Waals surface area (Å²) in [4.78, 5) is 16.7. The van der Waals surface area contributed by atoms with Gasteiger partial charge < -0.3 is 9.88 Å². The molecule has 1 aliphatic carbocycles. The van der Waals surface area contributed by atoms with Gasteiger partial charge in [0, 0.05) is 36.5 Å². The van der Waals surface area contributed by atoms with Crippen LogP contribution in [0.3, 0.4) is 0 Å². The molecule has 24 heavy (non-hydrogen) atoms. The molecular formula is C19H22N4O. The Kier molecular flexibility index (Phi) is 4.95. The highest BCUT2D eigenvalue weighted by Crippen LogP contribution is 2.31. The molecule has 1 fully saturated rings. The van der Waals surface area contributed by atoms with Gasteiger partial charge in [-0.25, -0.2) is 4.98 Å². The first-order valence-corrected chi connectivity index (χ1v) is 8.50. The third-order valence-corrected chi connectivity index (χ3v) is 4.66. The topological polar surface area (TPSA) is 70.7 Å². The first-order chi connectivity index (χ1) is 11.7. The highest BCUT2D eigenvalue weighted by molar-refractivity contribution is 5.94. The molecule has 0 unspecified atom stereocenters. The molecule has 0 atom stereocenters. The van der Waals surface area contributed by atoms with E-state index in [0.29, 0.717) is 23.7 Å². The Morgan fingerprint density at radius 3 is 2.71 bits per heavy atom. The summed E-state index contributed by atoms with van der Waals surface area (Å²) in [6.45, 7) is 2.66. The minimum Gasteiger partial charge on any atom is -0.352 e. The van der Waals surface area contributed by atoms with Crippen molar-refractivity contribution in [2.45, 2.75) is 45.1 Å². The summed E-state index contributed by atoms with van der Waals surface area (Å²) in [5, 5.41) is 11.7. The van der Waals surface area contributed by atoms with Crippen LogP contribution in [0.2, 0.25) is 0 Å². The van der Waals surface area contributed by atoms with E-state index in [-0.39, 0.29) is 5.91 Å². The molecule has 1 N–H and O–H groups in total. The molecule has 0 saturated heterocycles. The first-order valence-electron chi connectivity index (χ1n) is 8.50. The lowest BCUT2D eigenvalue weighted by Gasteiger charge is -2.17. The molecule has 1 aromatic carbocycles. The van der Waals surface area contributed by atoms with Crippen LogP contribution in [0.5, 0.6) is 0 Å². The van der Waals surface area contributed by atoms with E-state index in [1.807, 2.05) is 6.20 Å². The molecule has 124 valence electrons. The lowest BCUT2D eigenvalue weighted by molar-refractivity contribution is 0.0954. The van der Waals surface area contributed by atoms with E-state index in [0.717, 1.165) is 12.2 Å². The fourth-order valence-corrected chi connectivity index (χ4v) is 3.43. The third-order valence-electron chi connectivity index (χ3n) is 4.66. The van der Waals surface area contributed by atoms with E-state index in [1.165, 1.54) is 31.4 Å². The number of aromatic nitrogens is 2. The van der Waals surface area contributed by atoms with Gasteiger partial charge >= 0.3 is 0 Å². The number of rotatable bonds is 5. The Hall–Kier alpha value is -2.61. The van der Waals surface area contributed by atoms with Crippen molar-refractivity contribution in [3.05, 3.63) is 53.1 Å². The number of imidazole rings is 1. The van der Waals surface area contributed by atoms with Gasteiger partial charge in [0.25, 0.3) is 5.91 Å². The van der Waals surface area contributed by atoms with E-state index in [4.69, 9.17) is 5.26 Å². The maximum Gasteiger partial charge on any atom is 0.251 e. The maximum atomic E-state index is 12.2. The molecule has 3 rings (SSSR count). The first kappa shape index (κ1) is 16.3. The lowest BCUT2D eigenvalue weighted by Crippen LogP contribution is -2.26. The largest absolute Gasteiger partial charge is 0.352 e. The average Bonchev–Trinajstić information content (AvgIpc) is 3.24. The van der Waals surface area contributed by atoms with Gasteiger partial charge in [-0.1, -0.05) is 12.8 Å². The summed E-state index contributed by atoms with van der Waals surface area (Å²) < 4.78 is 2.35. The summed E-state index contributed by atoms with van der Waals surface area (Å²) in [5.41, 5.74) is 2.33. The molecule has 0 radical (unpaired) electrons. The molecule has 0 bridgehead atoms. The Balaban J connectivity index is 1.58. The number of carbonyl (C=O) groups excluding carboxylic acids is 1. The van der Waals surface area contributed by atoms with Crippen LogP contribution in [-0.2, 0) is 6.42 Å². The smallest absolute Gasteiger partial charge is 0.251 e. The maximum absolute atomic E-state index is 12.2. The third kappa shape index (κ3) is 3.48. The summed E-state index contributed by atoms with van der Waals surface area (Å²) in [6.07, 6.45) is 7.68. The van der Waals surface area contributed by atoms with Gasteiger partial charge in [-0.3, -0.25) is 4.79 Å². The quantitative estimate of drug-likeness (QED) is 0.919. The number of amides is 1. The molecule has 5 nitrogen and oxygen atoms in total. The van der Waals surface area contributed by atoms with Crippen molar-refractivity contribution in [3.63, 3.8) is 0 Å². The van der Waals surface area contributed by atoms with Crippen LogP contribution in [0.4, 0.5) is 0 Å². The second kappa shape index (κ2) is 7.31. The predicted octanol–water partition coefficient (Wildman–Crippen LogP) is 3.15. The van der Waals surface area contributed by atoms with Crippen molar-refractivity contribution in [2.24, 2.45) is 0 Å². The van der Waals surface area contributed by atoms with Crippen molar-refractivity contribution < 1.29 is 4.79 Å². The van der Waals surface area contributed by atoms with E-state index in [2.05, 4.69) is 27.9 Å². The number of carbonyl (C=O) groups is 1. The minimum absolute atomic E-state index is 0.116. The number of nitriles is 1. The van der Waals surface area contributed by atoms with Crippen molar-refractivity contribution in [3.8, 4) is 6.07 Å². The molecule has 0 aliphatic heterocycles. The second-order valence-electron chi connectivity index (χ2n) is 6.32. The Morgan fingerprint density at radius 2 is 2.04 bits per heavy atom. The molecule has 0 spiro atoms. The average molecular weight is 322 g/mol. The molecule has 1 amide bonds. The highest BCUT2D eigenvalue weighted by atomic mass is 16.1. The van der Waals surface area contributed by atoms with Crippen molar-refractivity contribution in [2.75, 3.05) is 6.54 Å². The normalized spacial score (nSPS) is 14.5. The lowest BCUT2D eigenvalue weighted by atomic mass is 10.1. The Bertz CT molecular complexity index is 749. The zero-order chi connectivity index (χ0) is 16.9. The molecule has 1 aromatic heterocycles. The van der Waals surface area contributed by atoms with Gasteiger partial charge in [0.1, 0.15) is 5.82 Å². The number of hydrogen-bond acceptors (Lipinski definition) is 3. The Morgan fingerprint density at radius 1 is 1.33 bits per heavy atom. The van der Waals surface area contributed by atoms with Gasteiger partial charge in [-0.15, -0.1) is 0 Å². The highest BCUT2D eigenvalue weighted by Gasteiger charge is 2.21. The SMILES string of the molecule is Cc1cnc(CCNC(=O)c2ccc(C#N)cc2)n1C1CCCC1. The molecular weight excluding hydrogens is 300 g/mol. The van der Waals surface area contributed by atoms with Gasteiger partial charge in [-0.05, 0) is 44.0 Å². The summed E-state index contributed by atoms with van der Waals surface area (Å²) in [7, 11) is 0. The zero-order valence-electron chi connectivity index (χ0n) is 14.0. The van der Waals surface area contributed by atoms with Crippen LogP contribution in [0, 0.1) is 18.3 Å². The van der Waals surface area contributed by atoms with Crippen LogP contribution in [0.1, 0.15) is 59.2 Å². The summed E-state index contributed by atoms with van der Waals surface area (Å²) in [5.74, 6) is 0.940. The number of aryl methyl sites for hydroxylation is 1. The number of hydrogen-bond donors (Lipinski definition) is 1. The van der Waals surface area contributed by atoms with E-state index in [9.17, 15) is 4.79 Å². The predicted molar refractivity (Wildman–Crippen MR) is 91.7 cm³/mol. The van der Waals surface area contributed by atoms with E-state index < -0.39 is 0 Å². The fraction of sp³-hybridized carbons (Fsp3) is 0.421.